The maximum Gasteiger partial charge on any atom is 0.0809 e. The highest BCUT2D eigenvalue weighted by molar-refractivity contribution is 4.84. The van der Waals surface area contributed by atoms with Crippen molar-refractivity contribution in [1.82, 2.24) is 5.06 Å². The molecule has 76 valence electrons. The van der Waals surface area contributed by atoms with E-state index in [0.29, 0.717) is 12.1 Å². The first-order valence-electron chi connectivity index (χ1n) is 5.76. The van der Waals surface area contributed by atoms with E-state index in [-0.39, 0.29) is 0 Å². The Balaban J connectivity index is 1.92. The highest BCUT2D eigenvalue weighted by Crippen LogP contribution is 2.34. The molecule has 0 radical (unpaired) electrons. The van der Waals surface area contributed by atoms with Gasteiger partial charge in [-0.2, -0.15) is 5.06 Å². The molecule has 2 fully saturated rings. The van der Waals surface area contributed by atoms with Gasteiger partial charge in [0.05, 0.1) is 6.10 Å². The van der Waals surface area contributed by atoms with Gasteiger partial charge in [-0.1, -0.05) is 19.8 Å². The molecule has 0 N–H and O–H groups in total. The summed E-state index contributed by atoms with van der Waals surface area (Å²) in [5.74, 6) is 0. The van der Waals surface area contributed by atoms with E-state index in [2.05, 4.69) is 18.9 Å². The summed E-state index contributed by atoms with van der Waals surface area (Å²) in [5.41, 5.74) is 0. The third kappa shape index (κ3) is 1.89. The van der Waals surface area contributed by atoms with E-state index in [1.807, 2.05) is 0 Å². The van der Waals surface area contributed by atoms with Crippen LogP contribution < -0.4 is 0 Å². The van der Waals surface area contributed by atoms with Crippen molar-refractivity contribution in [3.8, 4) is 0 Å². The van der Waals surface area contributed by atoms with Crippen LogP contribution in [0.2, 0.25) is 0 Å². The average molecular weight is 183 g/mol. The lowest BCUT2D eigenvalue weighted by atomic mass is 9.95. The van der Waals surface area contributed by atoms with Crippen LogP contribution in [-0.4, -0.2) is 23.3 Å². The number of hydrogen-bond donors (Lipinski definition) is 0. The monoisotopic (exact) mass is 183 g/mol. The largest absolute Gasteiger partial charge is 0.295 e. The van der Waals surface area contributed by atoms with Crippen molar-refractivity contribution in [2.75, 3.05) is 0 Å². The Morgan fingerprint density at radius 3 is 2.92 bits per heavy atom. The standard InChI is InChI=1S/C11H21NO/c1-3-5-11-8-10-7-4-6-9(2)12(10)13-11/h9-11H,3-8H2,1-2H3/t9-,10-,11+/m0/s1. The minimum absolute atomic E-state index is 0.524. The van der Waals surface area contributed by atoms with Gasteiger partial charge in [0.1, 0.15) is 0 Å². The van der Waals surface area contributed by atoms with Gasteiger partial charge in [0, 0.05) is 12.1 Å². The van der Waals surface area contributed by atoms with Gasteiger partial charge in [-0.05, 0) is 32.6 Å². The zero-order chi connectivity index (χ0) is 9.26. The summed E-state index contributed by atoms with van der Waals surface area (Å²) in [7, 11) is 0. The van der Waals surface area contributed by atoms with E-state index in [9.17, 15) is 0 Å². The van der Waals surface area contributed by atoms with Gasteiger partial charge in [0.15, 0.2) is 0 Å². The third-order valence-electron chi connectivity index (χ3n) is 3.37. The maximum atomic E-state index is 5.95. The van der Waals surface area contributed by atoms with Gasteiger partial charge in [0.25, 0.3) is 0 Å². The zero-order valence-corrected chi connectivity index (χ0v) is 8.83. The molecule has 2 rings (SSSR count). The van der Waals surface area contributed by atoms with Gasteiger partial charge in [0.2, 0.25) is 0 Å². The molecule has 2 aliphatic rings. The lowest BCUT2D eigenvalue weighted by molar-refractivity contribution is -0.197. The van der Waals surface area contributed by atoms with Crippen molar-refractivity contribution in [2.45, 2.75) is 70.6 Å². The summed E-state index contributed by atoms with van der Waals surface area (Å²) in [4.78, 5) is 5.95. The fourth-order valence-corrected chi connectivity index (χ4v) is 2.69. The van der Waals surface area contributed by atoms with Crippen molar-refractivity contribution in [3.63, 3.8) is 0 Å². The first-order chi connectivity index (χ1) is 6.31. The average Bonchev–Trinajstić information content (AvgIpc) is 2.49. The van der Waals surface area contributed by atoms with E-state index in [1.54, 1.807) is 0 Å². The molecular weight excluding hydrogens is 162 g/mol. The van der Waals surface area contributed by atoms with Crippen LogP contribution in [0.25, 0.3) is 0 Å². The summed E-state index contributed by atoms with van der Waals surface area (Å²) in [5, 5.41) is 2.28. The van der Waals surface area contributed by atoms with Crippen LogP contribution in [0, 0.1) is 0 Å². The van der Waals surface area contributed by atoms with Gasteiger partial charge >= 0.3 is 0 Å². The van der Waals surface area contributed by atoms with Crippen molar-refractivity contribution in [2.24, 2.45) is 0 Å². The Morgan fingerprint density at radius 1 is 1.38 bits per heavy atom. The lowest BCUT2D eigenvalue weighted by Crippen LogP contribution is -2.39. The van der Waals surface area contributed by atoms with E-state index < -0.39 is 0 Å². The van der Waals surface area contributed by atoms with Crippen LogP contribution in [-0.2, 0) is 4.84 Å². The molecule has 2 nitrogen and oxygen atoms in total. The predicted octanol–water partition coefficient (Wildman–Crippen LogP) is 2.73. The van der Waals surface area contributed by atoms with Crippen LogP contribution in [0.4, 0.5) is 0 Å². The van der Waals surface area contributed by atoms with Crippen molar-refractivity contribution >= 4 is 0 Å². The molecule has 0 aromatic rings. The Bertz CT molecular complexity index is 171. The molecule has 0 amide bonds. The first-order valence-corrected chi connectivity index (χ1v) is 5.76. The summed E-state index contributed by atoms with van der Waals surface area (Å²) >= 11 is 0. The topological polar surface area (TPSA) is 12.5 Å². The van der Waals surface area contributed by atoms with Gasteiger partial charge in [-0.15, -0.1) is 0 Å². The molecule has 2 aliphatic heterocycles. The highest BCUT2D eigenvalue weighted by atomic mass is 16.7. The molecule has 0 bridgehead atoms. The summed E-state index contributed by atoms with van der Waals surface area (Å²) in [6, 6.07) is 1.39. The number of fused-ring (bicyclic) bond motifs is 1. The second-order valence-corrected chi connectivity index (χ2v) is 4.55. The second-order valence-electron chi connectivity index (χ2n) is 4.55. The van der Waals surface area contributed by atoms with E-state index in [1.165, 1.54) is 38.5 Å². The van der Waals surface area contributed by atoms with Crippen LogP contribution in [0.5, 0.6) is 0 Å². The quantitative estimate of drug-likeness (QED) is 0.652. The highest BCUT2D eigenvalue weighted by Gasteiger charge is 2.37. The smallest absolute Gasteiger partial charge is 0.0809 e. The fourth-order valence-electron chi connectivity index (χ4n) is 2.69. The molecule has 0 aromatic heterocycles. The maximum absolute atomic E-state index is 5.95. The zero-order valence-electron chi connectivity index (χ0n) is 8.83. The van der Waals surface area contributed by atoms with E-state index in [0.717, 1.165) is 6.04 Å². The molecule has 0 unspecified atom stereocenters. The molecule has 2 saturated heterocycles. The minimum Gasteiger partial charge on any atom is -0.295 e. The first kappa shape index (κ1) is 9.47. The Hall–Kier alpha value is -0.0800. The van der Waals surface area contributed by atoms with Crippen molar-refractivity contribution in [1.29, 1.82) is 0 Å². The molecule has 0 aliphatic carbocycles. The summed E-state index contributed by atoms with van der Waals surface area (Å²) in [6.45, 7) is 4.53. The molecule has 2 heterocycles. The molecule has 13 heavy (non-hydrogen) atoms. The van der Waals surface area contributed by atoms with Crippen LogP contribution in [0.15, 0.2) is 0 Å². The fraction of sp³-hybridized carbons (Fsp3) is 1.00. The predicted molar refractivity (Wildman–Crippen MR) is 53.3 cm³/mol. The molecular formula is C11H21NO. The summed E-state index contributed by atoms with van der Waals surface area (Å²) in [6.07, 6.45) is 8.35. The normalized spacial score (nSPS) is 40.6. The van der Waals surface area contributed by atoms with Crippen molar-refractivity contribution in [3.05, 3.63) is 0 Å². The Kier molecular flexibility index (Phi) is 2.89. The summed E-state index contributed by atoms with van der Waals surface area (Å²) < 4.78 is 0. The second kappa shape index (κ2) is 3.97. The van der Waals surface area contributed by atoms with Gasteiger partial charge in [-0.25, -0.2) is 0 Å². The number of rotatable bonds is 2. The minimum atomic E-state index is 0.524. The number of nitrogens with zero attached hydrogens (tertiary/aromatic N) is 1. The number of hydroxylamine groups is 2. The SMILES string of the molecule is CCC[C@@H]1C[C@@H]2CCC[C@H](C)N2O1. The molecule has 0 aromatic carbocycles. The molecule has 3 atom stereocenters. The van der Waals surface area contributed by atoms with Crippen LogP contribution >= 0.6 is 0 Å². The third-order valence-corrected chi connectivity index (χ3v) is 3.37. The lowest BCUT2D eigenvalue weighted by Gasteiger charge is -2.33. The van der Waals surface area contributed by atoms with Gasteiger partial charge in [-0.3, -0.25) is 4.84 Å². The number of piperidine rings is 1. The van der Waals surface area contributed by atoms with E-state index >= 15 is 0 Å². The van der Waals surface area contributed by atoms with Crippen LogP contribution in [0.1, 0.15) is 52.4 Å². The van der Waals surface area contributed by atoms with Gasteiger partial charge < -0.3 is 0 Å². The molecule has 0 saturated carbocycles. The van der Waals surface area contributed by atoms with E-state index in [4.69, 9.17) is 4.84 Å². The van der Waals surface area contributed by atoms with Crippen molar-refractivity contribution < 1.29 is 4.84 Å². The Morgan fingerprint density at radius 2 is 2.23 bits per heavy atom. The molecule has 0 spiro atoms. The molecule has 2 heteroatoms. The number of hydrogen-bond acceptors (Lipinski definition) is 2. The Labute approximate surface area is 81.2 Å². The van der Waals surface area contributed by atoms with Crippen LogP contribution in [0.3, 0.4) is 0 Å².